The molecule has 59 heavy (non-hydrogen) atoms. The Morgan fingerprint density at radius 2 is 0.966 bits per heavy atom. The van der Waals surface area contributed by atoms with Crippen molar-refractivity contribution in [1.29, 1.82) is 0 Å². The molecular formula is C51H52N6P2. The van der Waals surface area contributed by atoms with Gasteiger partial charge in [0.15, 0.2) is 0 Å². The van der Waals surface area contributed by atoms with Crippen LogP contribution >= 0.6 is 15.2 Å². The van der Waals surface area contributed by atoms with Gasteiger partial charge in [-0.3, -0.25) is 0 Å². The van der Waals surface area contributed by atoms with Crippen molar-refractivity contribution in [3.05, 3.63) is 122 Å². The van der Waals surface area contributed by atoms with E-state index in [4.69, 9.17) is 9.97 Å². The van der Waals surface area contributed by atoms with Crippen molar-refractivity contribution < 1.29 is 0 Å². The summed E-state index contributed by atoms with van der Waals surface area (Å²) >= 11 is 0. The van der Waals surface area contributed by atoms with Gasteiger partial charge < -0.3 is 0 Å². The summed E-state index contributed by atoms with van der Waals surface area (Å²) in [4.78, 5) is 24.2. The van der Waals surface area contributed by atoms with Gasteiger partial charge in [0.1, 0.15) is 0 Å². The number of aromatic nitrogens is 4. The molecule has 8 aromatic rings. The molecule has 1 unspecified atom stereocenters. The first-order chi connectivity index (χ1) is 29.0. The average Bonchev–Trinajstić information content (AvgIpc) is 3.30. The van der Waals surface area contributed by atoms with E-state index in [0.717, 1.165) is 21.8 Å². The van der Waals surface area contributed by atoms with E-state index >= 15 is 0 Å². The van der Waals surface area contributed by atoms with Gasteiger partial charge in [0.2, 0.25) is 0 Å². The molecule has 6 nitrogen and oxygen atoms in total. The molecule has 8 heteroatoms. The first-order valence-electron chi connectivity index (χ1n) is 21.8. The zero-order chi connectivity index (χ0) is 39.7. The minimum absolute atomic E-state index is 0.545. The van der Waals surface area contributed by atoms with Gasteiger partial charge in [-0.05, 0) is 0 Å². The zero-order valence-corrected chi connectivity index (χ0v) is 36.3. The van der Waals surface area contributed by atoms with Crippen molar-refractivity contribution in [2.24, 2.45) is 0 Å². The Balaban J connectivity index is 1.33. The van der Waals surface area contributed by atoms with Crippen LogP contribution < -0.4 is 31.0 Å². The Bertz CT molecular complexity index is 2720. The maximum atomic E-state index is 4.96. The number of anilines is 4. The first kappa shape index (κ1) is 37.0. The van der Waals surface area contributed by atoms with Crippen LogP contribution in [0.2, 0.25) is 0 Å². The fourth-order valence-electron chi connectivity index (χ4n) is 11.2. The van der Waals surface area contributed by atoms with Crippen LogP contribution in [0.5, 0.6) is 0 Å². The van der Waals surface area contributed by atoms with Gasteiger partial charge in [0, 0.05) is 0 Å². The molecule has 2 fully saturated rings. The fourth-order valence-corrected chi connectivity index (χ4v) is 19.7. The molecule has 2 aliphatic carbocycles. The summed E-state index contributed by atoms with van der Waals surface area (Å²) in [5, 5.41) is 13.3. The molecule has 3 heterocycles. The van der Waals surface area contributed by atoms with Gasteiger partial charge in [-0.2, -0.15) is 0 Å². The third kappa shape index (κ3) is 6.20. The van der Waals surface area contributed by atoms with Crippen LogP contribution in [0.15, 0.2) is 122 Å². The molecule has 3 aliphatic rings. The van der Waals surface area contributed by atoms with Crippen molar-refractivity contribution in [3.63, 3.8) is 0 Å². The van der Waals surface area contributed by atoms with Gasteiger partial charge in [-0.25, -0.2) is 0 Å². The van der Waals surface area contributed by atoms with Crippen LogP contribution in [-0.2, 0) is 0 Å². The van der Waals surface area contributed by atoms with Crippen molar-refractivity contribution in [2.45, 2.75) is 75.5 Å². The number of rotatable bonds is 2. The molecule has 0 N–H and O–H groups in total. The van der Waals surface area contributed by atoms with E-state index in [0.29, 0.717) is 11.3 Å². The molecule has 0 saturated heterocycles. The SMILES string of the molecule is CN1c2cc3ccccc3cc2P(C2CCCCC2)c2cc3ncncc3cc2N(C)c2cc3cncnc3cc2[PH](C)(C2CCCCC2)c2cc3ccccc3cc21. The fraction of sp³-hybridized carbons (Fsp3) is 0.294. The minimum atomic E-state index is -2.63. The number of nitrogens with zero attached hydrogens (tertiary/aromatic N) is 6. The first-order valence-corrected chi connectivity index (χ1v) is 25.8. The van der Waals surface area contributed by atoms with Crippen LogP contribution in [0, 0.1) is 0 Å². The van der Waals surface area contributed by atoms with Crippen LogP contribution in [0.1, 0.15) is 64.2 Å². The van der Waals surface area contributed by atoms with E-state index in [-0.39, 0.29) is 0 Å². The normalized spacial score (nSPS) is 19.4. The molecule has 6 aromatic carbocycles. The number of fused-ring (bicyclic) bond motifs is 8. The van der Waals surface area contributed by atoms with Crippen LogP contribution in [0.4, 0.5) is 22.7 Å². The summed E-state index contributed by atoms with van der Waals surface area (Å²) in [5.74, 6) is 0. The maximum absolute atomic E-state index is 4.96. The Hall–Kier alpha value is -5.02. The Labute approximate surface area is 349 Å². The van der Waals surface area contributed by atoms with Crippen LogP contribution in [0.25, 0.3) is 43.4 Å². The van der Waals surface area contributed by atoms with Crippen molar-refractivity contribution in [1.82, 2.24) is 19.9 Å². The molecule has 2 aromatic heterocycles. The second-order valence-corrected chi connectivity index (χ2v) is 24.3. The molecule has 1 aliphatic heterocycles. The zero-order valence-electron chi connectivity index (χ0n) is 34.4. The van der Waals surface area contributed by atoms with Gasteiger partial charge in [-0.1, -0.05) is 0 Å². The van der Waals surface area contributed by atoms with E-state index in [9.17, 15) is 0 Å². The molecule has 2 saturated carbocycles. The molecule has 1 atom stereocenters. The number of hydrogen-bond donors (Lipinski definition) is 0. The standard InChI is InChI=1S/C51H52N6P2/c1-56-44-22-34-14-10-12-16-36(34)26-48(44)58(40-18-6-4-7-19-40)49-28-42-38(30-52-32-54-42)24-45(49)57(2)47-25-39-31-53-33-55-43(39)29-51(47)59(3,41-20-8-5-9-21-41)50-27-37-17-13-11-15-35(37)23-46(50)56/h10-17,22-33,40-41,59H,4-9,18-21H2,1-3H3. The molecule has 0 bridgehead atoms. The van der Waals surface area contributed by atoms with Crippen LogP contribution in [0.3, 0.4) is 0 Å². The van der Waals surface area contributed by atoms with Crippen molar-refractivity contribution >= 4 is 103 Å². The Morgan fingerprint density at radius 1 is 0.508 bits per heavy atom. The van der Waals surface area contributed by atoms with E-state index in [1.165, 1.54) is 130 Å². The quantitative estimate of drug-likeness (QED) is 0.162. The summed E-state index contributed by atoms with van der Waals surface area (Å²) in [6.45, 7) is 2.71. The van der Waals surface area contributed by atoms with Crippen molar-refractivity contribution in [2.75, 3.05) is 30.6 Å². The number of hydrogen-bond acceptors (Lipinski definition) is 6. The van der Waals surface area contributed by atoms with Crippen molar-refractivity contribution in [3.8, 4) is 0 Å². The monoisotopic (exact) mass is 810 g/mol. The van der Waals surface area contributed by atoms with Gasteiger partial charge in [0.05, 0.1) is 0 Å². The second-order valence-electron chi connectivity index (χ2n) is 17.6. The second kappa shape index (κ2) is 14.9. The topological polar surface area (TPSA) is 58.0 Å². The number of benzene rings is 6. The Morgan fingerprint density at radius 3 is 1.58 bits per heavy atom. The average molecular weight is 811 g/mol. The molecular weight excluding hydrogens is 759 g/mol. The molecule has 296 valence electrons. The van der Waals surface area contributed by atoms with Crippen LogP contribution in [-0.4, -0.2) is 52.0 Å². The molecule has 0 radical (unpaired) electrons. The molecule has 0 spiro atoms. The van der Waals surface area contributed by atoms with E-state index in [1.807, 2.05) is 12.4 Å². The van der Waals surface area contributed by atoms with E-state index < -0.39 is 15.2 Å². The Kier molecular flexibility index (Phi) is 9.35. The summed E-state index contributed by atoms with van der Waals surface area (Å²) in [6, 6.07) is 38.1. The van der Waals surface area contributed by atoms with Gasteiger partial charge in [0.25, 0.3) is 0 Å². The summed E-state index contributed by atoms with van der Waals surface area (Å²) in [6.07, 6.45) is 20.2. The third-order valence-electron chi connectivity index (χ3n) is 14.4. The van der Waals surface area contributed by atoms with Gasteiger partial charge >= 0.3 is 351 Å². The van der Waals surface area contributed by atoms with Gasteiger partial charge in [-0.15, -0.1) is 0 Å². The van der Waals surface area contributed by atoms with E-state index in [2.05, 4.69) is 138 Å². The molecule has 0 amide bonds. The summed E-state index contributed by atoms with van der Waals surface area (Å²) in [5.41, 5.74) is 8.39. The molecule has 11 rings (SSSR count). The predicted molar refractivity (Wildman–Crippen MR) is 257 cm³/mol. The third-order valence-corrected chi connectivity index (χ3v) is 22.6. The van der Waals surface area contributed by atoms with E-state index in [1.54, 1.807) is 12.7 Å². The predicted octanol–water partition coefficient (Wildman–Crippen LogP) is 11.2. The summed E-state index contributed by atoms with van der Waals surface area (Å²) in [7, 11) is 1.23. The summed E-state index contributed by atoms with van der Waals surface area (Å²) < 4.78 is 0.